The summed E-state index contributed by atoms with van der Waals surface area (Å²) in [6, 6.07) is 28.6. The molecular formula is C71H83N9O12. The number of anilines is 4. The summed E-state index contributed by atoms with van der Waals surface area (Å²) >= 11 is 0. The molecule has 4 aliphatic rings. The van der Waals surface area contributed by atoms with E-state index in [0.717, 1.165) is 121 Å². The van der Waals surface area contributed by atoms with Crippen LogP contribution < -0.4 is 41.8 Å². The average Bonchev–Trinajstić information content (AvgIpc) is 1.48. The van der Waals surface area contributed by atoms with Crippen molar-refractivity contribution in [3.63, 3.8) is 0 Å². The maximum atomic E-state index is 12.3. The number of aromatic hydroxyl groups is 1. The van der Waals surface area contributed by atoms with Gasteiger partial charge < -0.3 is 48.0 Å². The molecule has 4 aromatic carbocycles. The van der Waals surface area contributed by atoms with E-state index in [-0.39, 0.29) is 40.6 Å². The molecule has 13 rings (SSSR count). The third-order valence-electron chi connectivity index (χ3n) is 16.8. The van der Waals surface area contributed by atoms with E-state index in [1.165, 1.54) is 57.8 Å². The number of nitrogens with one attached hydrogen (secondary N) is 3. The van der Waals surface area contributed by atoms with Gasteiger partial charge in [-0.1, -0.05) is 13.8 Å². The van der Waals surface area contributed by atoms with E-state index in [1.54, 1.807) is 51.4 Å². The molecule has 0 radical (unpaired) electrons. The third-order valence-corrected chi connectivity index (χ3v) is 16.8. The monoisotopic (exact) mass is 1250 g/mol. The summed E-state index contributed by atoms with van der Waals surface area (Å²) in [5.74, 6) is -0.591. The fraction of sp³-hybridized carbons (Fsp3) is 0.394. The first kappa shape index (κ1) is 66.8. The number of piperazine rings is 1. The van der Waals surface area contributed by atoms with Crippen LogP contribution in [-0.4, -0.2) is 121 Å². The van der Waals surface area contributed by atoms with Gasteiger partial charge in [-0.25, -0.2) is 14.4 Å². The number of aryl methyl sites for hydroxylation is 2. The number of esters is 1. The molecule has 21 nitrogen and oxygen atoms in total. The molecule has 9 aromatic rings. The Morgan fingerprint density at radius 2 is 0.946 bits per heavy atom. The van der Waals surface area contributed by atoms with Crippen molar-refractivity contribution >= 4 is 79.5 Å². The number of Topliss-reactive ketones (excluding diaryl/α,β-unsaturated/α-hetero) is 2. The molecule has 0 unspecified atom stereocenters. The van der Waals surface area contributed by atoms with E-state index in [1.807, 2.05) is 74.5 Å². The topological polar surface area (TPSA) is 271 Å². The number of ether oxygens (including phenoxy) is 1. The zero-order valence-corrected chi connectivity index (χ0v) is 53.3. The highest BCUT2D eigenvalue weighted by Gasteiger charge is 2.20. The Morgan fingerprint density at radius 1 is 0.533 bits per heavy atom. The third kappa shape index (κ3) is 17.2. The molecule has 0 spiro atoms. The number of aromatic amines is 2. The number of hydrogen-bond acceptors (Lipinski definition) is 19. The highest BCUT2D eigenvalue weighted by atomic mass is 16.5. The van der Waals surface area contributed by atoms with Crippen molar-refractivity contribution in [2.45, 2.75) is 112 Å². The molecule has 4 N–H and O–H groups in total. The molecule has 484 valence electrons. The Morgan fingerprint density at radius 3 is 1.34 bits per heavy atom. The Hall–Kier alpha value is -9.63. The summed E-state index contributed by atoms with van der Waals surface area (Å²) in [5.41, 5.74) is 9.75. The lowest BCUT2D eigenvalue weighted by Crippen LogP contribution is -2.43. The van der Waals surface area contributed by atoms with Crippen LogP contribution in [0.1, 0.15) is 130 Å². The minimum Gasteiger partial charge on any atom is -0.507 e. The standard InChI is InChI=1S/C18H19N3O2.C17H18N4O2.C17H19NO3.C12H15NO2.C7H12O3/c1-12-11-19-20-17(12)15-9-13-5-6-14(10-16(13)23-18(15)22)21-7-3-2-4-8-21;1-11-10-19-20-16(11)14-8-12-2-3-13(9-15(12)23-17(14)22)21-6-4-18-5-7-21;1-2-15(19)14-10-12-6-7-13(11-16(12)21-17(14)20)18-8-4-3-5-9-18;14-9-10-4-5-11(8-12(10)15)13-6-2-1-3-7-13;1-3-6(8)5-7(9)10-4-2/h5-6,9-11H,2-4,7-8H2,1H3,(H,19,20);2-3,8-10,18H,4-7H2,1H3,(H,19,20);6-7,10-11H,2-5,8-9H2,1H3;4-5,8-9,15H,1-3,6-7H2;3-5H2,1-2H3. The number of aldehydes is 1. The van der Waals surface area contributed by atoms with Crippen LogP contribution in [0.15, 0.2) is 131 Å². The molecule has 4 aliphatic heterocycles. The average molecular weight is 1250 g/mol. The Labute approximate surface area is 533 Å². The number of phenolic OH excluding ortho intramolecular Hbond substituents is 1. The predicted molar refractivity (Wildman–Crippen MR) is 360 cm³/mol. The smallest absolute Gasteiger partial charge is 0.347 e. The van der Waals surface area contributed by atoms with Gasteiger partial charge in [0.2, 0.25) is 0 Å². The Balaban J connectivity index is 0.000000140. The first-order chi connectivity index (χ1) is 44.6. The SMILES string of the molecule is CCC(=O)c1cc2ccc(N3CCCCC3)cc2oc1=O.CCOC(=O)CC(=O)CC.Cc1cn[nH]c1-c1cc2ccc(N3CCCCC3)cc2oc1=O.Cc1cn[nH]c1-c1cc2ccc(N3CCNCC3)cc2oc1=O.O=Cc1ccc(N2CCCCC2)cc1O. The second-order valence-corrected chi connectivity index (χ2v) is 23.3. The largest absolute Gasteiger partial charge is 0.507 e. The molecule has 21 heteroatoms. The Bertz CT molecular complexity index is 4030. The first-order valence-corrected chi connectivity index (χ1v) is 32.1. The number of phenols is 1. The molecular weight excluding hydrogens is 1170 g/mol. The van der Waals surface area contributed by atoms with Gasteiger partial charge in [-0.2, -0.15) is 10.2 Å². The lowest BCUT2D eigenvalue weighted by molar-refractivity contribution is -0.145. The molecule has 4 saturated heterocycles. The second-order valence-electron chi connectivity index (χ2n) is 23.3. The number of piperidine rings is 3. The molecule has 0 saturated carbocycles. The summed E-state index contributed by atoms with van der Waals surface area (Å²) < 4.78 is 21.0. The minimum atomic E-state index is -0.537. The fourth-order valence-electron chi connectivity index (χ4n) is 11.6. The summed E-state index contributed by atoms with van der Waals surface area (Å²) in [7, 11) is 0. The number of fused-ring (bicyclic) bond motifs is 3. The van der Waals surface area contributed by atoms with Crippen LogP contribution in [0.3, 0.4) is 0 Å². The van der Waals surface area contributed by atoms with Crippen LogP contribution in [0.2, 0.25) is 0 Å². The number of hydrogen-bond donors (Lipinski definition) is 4. The number of ketones is 2. The fourth-order valence-corrected chi connectivity index (χ4v) is 11.6. The van der Waals surface area contributed by atoms with Gasteiger partial charge in [-0.3, -0.25) is 29.4 Å². The quantitative estimate of drug-likeness (QED) is 0.0275. The molecule has 0 aliphatic carbocycles. The highest BCUT2D eigenvalue weighted by Crippen LogP contribution is 2.31. The number of rotatable bonds is 13. The molecule has 0 bridgehead atoms. The van der Waals surface area contributed by atoms with Crippen LogP contribution in [0.4, 0.5) is 22.7 Å². The maximum absolute atomic E-state index is 12.3. The normalized spacial score (nSPS) is 14.8. The molecule has 4 fully saturated rings. The molecule has 9 heterocycles. The molecule has 5 aromatic heterocycles. The predicted octanol–water partition coefficient (Wildman–Crippen LogP) is 11.9. The van der Waals surface area contributed by atoms with Crippen LogP contribution in [0, 0.1) is 13.8 Å². The molecule has 0 atom stereocenters. The van der Waals surface area contributed by atoms with Gasteiger partial charge in [-0.15, -0.1) is 0 Å². The van der Waals surface area contributed by atoms with E-state index in [4.69, 9.17) is 13.3 Å². The number of carbonyl (C=O) groups excluding carboxylic acids is 4. The number of nitrogens with zero attached hydrogens (tertiary/aromatic N) is 6. The number of aromatic nitrogens is 4. The van der Waals surface area contributed by atoms with Crippen molar-refractivity contribution in [3.05, 3.63) is 157 Å². The Kier molecular flexibility index (Phi) is 23.5. The van der Waals surface area contributed by atoms with Crippen molar-refractivity contribution < 1.29 is 42.3 Å². The van der Waals surface area contributed by atoms with Crippen LogP contribution in [-0.2, 0) is 14.3 Å². The zero-order valence-electron chi connectivity index (χ0n) is 53.3. The maximum Gasteiger partial charge on any atom is 0.347 e. The van der Waals surface area contributed by atoms with Gasteiger partial charge in [0.05, 0.1) is 47.1 Å². The van der Waals surface area contributed by atoms with Crippen LogP contribution in [0.5, 0.6) is 5.75 Å². The second kappa shape index (κ2) is 32.4. The first-order valence-electron chi connectivity index (χ1n) is 32.1. The van der Waals surface area contributed by atoms with Gasteiger partial charge in [0, 0.05) is 141 Å². The van der Waals surface area contributed by atoms with E-state index < -0.39 is 11.6 Å². The summed E-state index contributed by atoms with van der Waals surface area (Å²) in [6.45, 7) is 19.5. The van der Waals surface area contributed by atoms with Crippen molar-refractivity contribution in [3.8, 4) is 28.3 Å². The van der Waals surface area contributed by atoms with Gasteiger partial charge in [0.1, 0.15) is 40.3 Å². The zero-order chi connectivity index (χ0) is 65.1. The number of benzene rings is 4. The van der Waals surface area contributed by atoms with Gasteiger partial charge in [0.15, 0.2) is 12.1 Å². The van der Waals surface area contributed by atoms with Crippen molar-refractivity contribution in [2.24, 2.45) is 0 Å². The van der Waals surface area contributed by atoms with Crippen molar-refractivity contribution in [2.75, 3.05) is 91.7 Å². The van der Waals surface area contributed by atoms with E-state index in [9.17, 15) is 38.7 Å². The number of H-pyrrole nitrogens is 2. The lowest BCUT2D eigenvalue weighted by Gasteiger charge is -2.29. The van der Waals surface area contributed by atoms with Crippen LogP contribution in [0.25, 0.3) is 55.4 Å². The van der Waals surface area contributed by atoms with E-state index in [2.05, 4.69) is 62.2 Å². The van der Waals surface area contributed by atoms with Crippen molar-refractivity contribution in [1.82, 2.24) is 25.7 Å². The van der Waals surface area contributed by atoms with Gasteiger partial charge in [0.25, 0.3) is 0 Å². The highest BCUT2D eigenvalue weighted by molar-refractivity contribution is 5.98. The summed E-state index contributed by atoms with van der Waals surface area (Å²) in [6.07, 6.45) is 15.8. The minimum absolute atomic E-state index is 0.0709. The summed E-state index contributed by atoms with van der Waals surface area (Å²) in [5, 5.41) is 29.2. The van der Waals surface area contributed by atoms with E-state index >= 15 is 0 Å². The number of carbonyl (C=O) groups is 4. The van der Waals surface area contributed by atoms with Crippen LogP contribution >= 0.6 is 0 Å². The molecule has 0 amide bonds. The summed E-state index contributed by atoms with van der Waals surface area (Å²) in [4.78, 5) is 89.2. The lowest BCUT2D eigenvalue weighted by atomic mass is 10.1. The van der Waals surface area contributed by atoms with E-state index in [0.29, 0.717) is 64.9 Å². The molecule has 92 heavy (non-hydrogen) atoms. The van der Waals surface area contributed by atoms with Crippen molar-refractivity contribution in [1.29, 1.82) is 0 Å². The van der Waals surface area contributed by atoms with Gasteiger partial charge >= 0.3 is 22.8 Å². The van der Waals surface area contributed by atoms with Gasteiger partial charge in [-0.05, 0) is 156 Å².